The summed E-state index contributed by atoms with van der Waals surface area (Å²) in [4.78, 5) is 4.36. The lowest BCUT2D eigenvalue weighted by Crippen LogP contribution is -2.12. The minimum Gasteiger partial charge on any atom is -0.496 e. The van der Waals surface area contributed by atoms with Crippen molar-refractivity contribution in [1.82, 2.24) is 4.98 Å². The molecule has 0 bridgehead atoms. The Bertz CT molecular complexity index is 1160. The molecule has 3 aromatic carbocycles. The Morgan fingerprint density at radius 1 is 1.00 bits per heavy atom. The third-order valence-corrected chi connectivity index (χ3v) is 5.24. The molecule has 4 aromatic rings. The van der Waals surface area contributed by atoms with E-state index in [1.165, 1.54) is 6.07 Å². The Labute approximate surface area is 174 Å². The van der Waals surface area contributed by atoms with Crippen LogP contribution in [0.25, 0.3) is 22.0 Å². The van der Waals surface area contributed by atoms with E-state index in [1.807, 2.05) is 61.5 Å². The number of para-hydroxylation sites is 1. The Morgan fingerprint density at radius 3 is 2.48 bits per heavy atom. The largest absolute Gasteiger partial charge is 0.496 e. The maximum Gasteiger partial charge on any atom is 0.134 e. The molecule has 5 heteroatoms. The van der Waals surface area contributed by atoms with Crippen LogP contribution in [0.5, 0.6) is 5.75 Å². The first kappa shape index (κ1) is 19.2. The molecular formula is C24H20ClFN2O. The zero-order valence-corrected chi connectivity index (χ0v) is 16.9. The molecule has 0 spiro atoms. The summed E-state index contributed by atoms with van der Waals surface area (Å²) in [5, 5.41) is 4.73. The highest BCUT2D eigenvalue weighted by Crippen LogP contribution is 2.40. The number of rotatable bonds is 5. The van der Waals surface area contributed by atoms with Gasteiger partial charge in [0, 0.05) is 17.1 Å². The molecular weight excluding hydrogens is 387 g/mol. The van der Waals surface area contributed by atoms with E-state index in [4.69, 9.17) is 16.3 Å². The van der Waals surface area contributed by atoms with Crippen LogP contribution in [-0.4, -0.2) is 12.1 Å². The second kappa shape index (κ2) is 8.10. The Hall–Kier alpha value is -3.11. The summed E-state index contributed by atoms with van der Waals surface area (Å²) >= 11 is 6.43. The average molecular weight is 407 g/mol. The van der Waals surface area contributed by atoms with Gasteiger partial charge in [-0.3, -0.25) is 4.98 Å². The number of aromatic nitrogens is 1. The predicted molar refractivity (Wildman–Crippen MR) is 117 cm³/mol. The van der Waals surface area contributed by atoms with Crippen LogP contribution in [0, 0.1) is 5.82 Å². The quantitative estimate of drug-likeness (QED) is 0.392. The number of ether oxygens (including phenoxy) is 1. The first-order chi connectivity index (χ1) is 14.1. The van der Waals surface area contributed by atoms with Gasteiger partial charge in [0.05, 0.1) is 34.9 Å². The molecule has 29 heavy (non-hydrogen) atoms. The Balaban J connectivity index is 1.81. The number of pyridine rings is 1. The van der Waals surface area contributed by atoms with Crippen molar-refractivity contribution in [1.29, 1.82) is 0 Å². The second-order valence-electron chi connectivity index (χ2n) is 6.77. The average Bonchev–Trinajstić information content (AvgIpc) is 2.76. The van der Waals surface area contributed by atoms with Crippen molar-refractivity contribution in [2.24, 2.45) is 0 Å². The number of fused-ring (bicyclic) bond motifs is 1. The third kappa shape index (κ3) is 3.64. The molecule has 0 fully saturated rings. The molecule has 0 radical (unpaired) electrons. The molecule has 0 aliphatic carbocycles. The van der Waals surface area contributed by atoms with Gasteiger partial charge >= 0.3 is 0 Å². The summed E-state index contributed by atoms with van der Waals surface area (Å²) < 4.78 is 20.6. The van der Waals surface area contributed by atoms with Crippen LogP contribution in [0.4, 0.5) is 10.1 Å². The second-order valence-corrected chi connectivity index (χ2v) is 7.18. The summed E-state index contributed by atoms with van der Waals surface area (Å²) in [7, 11) is 1.56. The lowest BCUT2D eigenvalue weighted by molar-refractivity contribution is 0.404. The van der Waals surface area contributed by atoms with E-state index < -0.39 is 6.04 Å². The van der Waals surface area contributed by atoms with Gasteiger partial charge in [0.2, 0.25) is 0 Å². The Morgan fingerprint density at radius 2 is 1.72 bits per heavy atom. The molecule has 1 aromatic heterocycles. The maximum absolute atomic E-state index is 14.9. The van der Waals surface area contributed by atoms with Crippen molar-refractivity contribution in [3.63, 3.8) is 0 Å². The van der Waals surface area contributed by atoms with Crippen LogP contribution in [0.2, 0.25) is 5.02 Å². The van der Waals surface area contributed by atoms with Gasteiger partial charge in [0.25, 0.3) is 0 Å². The summed E-state index contributed by atoms with van der Waals surface area (Å²) in [5.41, 5.74) is 3.79. The first-order valence-electron chi connectivity index (χ1n) is 9.31. The van der Waals surface area contributed by atoms with E-state index in [-0.39, 0.29) is 5.82 Å². The third-order valence-electron chi connectivity index (χ3n) is 4.95. The number of benzene rings is 3. The Kier molecular flexibility index (Phi) is 5.36. The normalized spacial score (nSPS) is 12.0. The zero-order valence-electron chi connectivity index (χ0n) is 16.1. The van der Waals surface area contributed by atoms with E-state index >= 15 is 0 Å². The number of nitrogens with one attached hydrogen (secondary N) is 1. The van der Waals surface area contributed by atoms with E-state index in [0.717, 1.165) is 27.7 Å². The van der Waals surface area contributed by atoms with Crippen molar-refractivity contribution in [2.45, 2.75) is 13.0 Å². The lowest BCUT2D eigenvalue weighted by Gasteiger charge is -2.22. The monoisotopic (exact) mass is 406 g/mol. The molecule has 0 amide bonds. The highest BCUT2D eigenvalue weighted by Gasteiger charge is 2.22. The van der Waals surface area contributed by atoms with Gasteiger partial charge in [0.15, 0.2) is 0 Å². The molecule has 0 saturated heterocycles. The van der Waals surface area contributed by atoms with Crippen LogP contribution < -0.4 is 10.1 Å². The molecule has 0 aliphatic heterocycles. The molecule has 146 valence electrons. The summed E-state index contributed by atoms with van der Waals surface area (Å²) in [6.07, 6.45) is 1.60. The van der Waals surface area contributed by atoms with Crippen LogP contribution >= 0.6 is 11.6 Å². The number of halogens is 2. The van der Waals surface area contributed by atoms with Crippen LogP contribution in [0.3, 0.4) is 0 Å². The van der Waals surface area contributed by atoms with E-state index in [2.05, 4.69) is 10.3 Å². The highest BCUT2D eigenvalue weighted by atomic mass is 35.5. The van der Waals surface area contributed by atoms with E-state index in [1.54, 1.807) is 19.4 Å². The van der Waals surface area contributed by atoms with Gasteiger partial charge < -0.3 is 10.1 Å². The van der Waals surface area contributed by atoms with Gasteiger partial charge in [-0.15, -0.1) is 0 Å². The standard InChI is InChI=1S/C24H20ClFN2O/c1-15(28-23-18-10-6-7-11-21(18)27-14-19(23)25)22-20(26)13-12-17(24(22)29-2)16-8-4-3-5-9-16/h3-15H,1-2H3,(H,27,28). The van der Waals surface area contributed by atoms with Crippen LogP contribution in [0.1, 0.15) is 18.5 Å². The van der Waals surface area contributed by atoms with Gasteiger partial charge in [-0.1, -0.05) is 60.1 Å². The van der Waals surface area contributed by atoms with E-state index in [9.17, 15) is 4.39 Å². The molecule has 1 unspecified atom stereocenters. The fourth-order valence-corrected chi connectivity index (χ4v) is 3.80. The smallest absolute Gasteiger partial charge is 0.134 e. The minimum absolute atomic E-state index is 0.337. The van der Waals surface area contributed by atoms with Crippen molar-refractivity contribution >= 4 is 28.2 Å². The summed E-state index contributed by atoms with van der Waals surface area (Å²) in [6.45, 7) is 1.89. The number of hydrogen-bond acceptors (Lipinski definition) is 3. The summed E-state index contributed by atoms with van der Waals surface area (Å²) in [6, 6.07) is 20.3. The molecule has 0 aliphatic rings. The molecule has 0 saturated carbocycles. The van der Waals surface area contributed by atoms with Crippen molar-refractivity contribution < 1.29 is 9.13 Å². The molecule has 1 N–H and O–H groups in total. The lowest BCUT2D eigenvalue weighted by atomic mass is 9.97. The van der Waals surface area contributed by atoms with Crippen molar-refractivity contribution in [2.75, 3.05) is 12.4 Å². The summed E-state index contributed by atoms with van der Waals surface area (Å²) in [5.74, 6) is 0.168. The van der Waals surface area contributed by atoms with Gasteiger partial charge in [-0.25, -0.2) is 4.39 Å². The minimum atomic E-state index is -0.392. The zero-order chi connectivity index (χ0) is 20.4. The molecule has 1 heterocycles. The fourth-order valence-electron chi connectivity index (χ4n) is 3.60. The van der Waals surface area contributed by atoms with Crippen molar-refractivity contribution in [3.8, 4) is 16.9 Å². The number of nitrogens with zero attached hydrogens (tertiary/aromatic N) is 1. The topological polar surface area (TPSA) is 34.1 Å². The van der Waals surface area contributed by atoms with E-state index in [0.29, 0.717) is 16.3 Å². The van der Waals surface area contributed by atoms with Gasteiger partial charge in [-0.2, -0.15) is 0 Å². The van der Waals surface area contributed by atoms with Crippen LogP contribution in [0.15, 0.2) is 72.9 Å². The predicted octanol–water partition coefficient (Wildman–Crippen LogP) is 6.88. The SMILES string of the molecule is COc1c(-c2ccccc2)ccc(F)c1C(C)Nc1c(Cl)cnc2ccccc12. The van der Waals surface area contributed by atoms with Crippen molar-refractivity contribution in [3.05, 3.63) is 89.3 Å². The highest BCUT2D eigenvalue weighted by molar-refractivity contribution is 6.34. The van der Waals surface area contributed by atoms with Gasteiger partial charge in [-0.05, 0) is 30.7 Å². The van der Waals surface area contributed by atoms with Crippen LogP contribution in [-0.2, 0) is 0 Å². The molecule has 1 atom stereocenters. The maximum atomic E-state index is 14.9. The number of anilines is 1. The first-order valence-corrected chi connectivity index (χ1v) is 9.69. The number of methoxy groups -OCH3 is 1. The molecule has 3 nitrogen and oxygen atoms in total. The number of hydrogen-bond donors (Lipinski definition) is 1. The molecule has 4 rings (SSSR count). The van der Waals surface area contributed by atoms with Gasteiger partial charge in [0.1, 0.15) is 11.6 Å². The fraction of sp³-hybridized carbons (Fsp3) is 0.125.